The maximum atomic E-state index is 13.5. The van der Waals surface area contributed by atoms with E-state index in [2.05, 4.69) is 9.68 Å². The molecule has 1 heterocycles. The molecule has 1 unspecified atom stereocenters. The average molecular weight is 249 g/mol. The van der Waals surface area contributed by atoms with Crippen LogP contribution in [-0.2, 0) is 17.6 Å². The van der Waals surface area contributed by atoms with Crippen molar-refractivity contribution in [3.8, 4) is 0 Å². The summed E-state index contributed by atoms with van der Waals surface area (Å²) >= 11 is 0. The van der Waals surface area contributed by atoms with Gasteiger partial charge in [0.25, 0.3) is 0 Å². The highest BCUT2D eigenvalue weighted by Crippen LogP contribution is 2.17. The maximum absolute atomic E-state index is 13.5. The molecule has 0 aliphatic heterocycles. The Balaban J connectivity index is 2.12. The molecule has 0 fully saturated rings. The molecule has 0 amide bonds. The van der Waals surface area contributed by atoms with Gasteiger partial charge in [-0.3, -0.25) is 4.79 Å². The van der Waals surface area contributed by atoms with Crippen molar-refractivity contribution < 1.29 is 18.8 Å². The zero-order valence-corrected chi connectivity index (χ0v) is 9.54. The van der Waals surface area contributed by atoms with Crippen molar-refractivity contribution in [1.29, 1.82) is 0 Å². The highest BCUT2D eigenvalue weighted by molar-refractivity contribution is 5.70. The Labute approximate surface area is 103 Å². The average Bonchev–Trinajstić information content (AvgIpc) is 2.83. The van der Waals surface area contributed by atoms with E-state index in [1.54, 1.807) is 18.2 Å². The Morgan fingerprint density at radius 1 is 1.39 bits per heavy atom. The van der Waals surface area contributed by atoms with Gasteiger partial charge in [-0.15, -0.1) is 0 Å². The van der Waals surface area contributed by atoms with E-state index in [4.69, 9.17) is 5.11 Å². The molecule has 1 aromatic carbocycles. The quantitative estimate of drug-likeness (QED) is 0.883. The van der Waals surface area contributed by atoms with Gasteiger partial charge in [-0.2, -0.15) is 0 Å². The summed E-state index contributed by atoms with van der Waals surface area (Å²) < 4.78 is 18.1. The van der Waals surface area contributed by atoms with Crippen molar-refractivity contribution in [2.24, 2.45) is 5.92 Å². The first-order valence-electron chi connectivity index (χ1n) is 5.51. The van der Waals surface area contributed by atoms with Crippen LogP contribution in [0.15, 0.2) is 41.2 Å². The molecule has 94 valence electrons. The molecule has 2 aromatic rings. The van der Waals surface area contributed by atoms with E-state index in [0.29, 0.717) is 11.1 Å². The number of carboxylic acid groups (broad SMARTS) is 1. The fraction of sp³-hybridized carbons (Fsp3) is 0.231. The number of benzene rings is 1. The van der Waals surface area contributed by atoms with Gasteiger partial charge < -0.3 is 9.63 Å². The first-order chi connectivity index (χ1) is 8.66. The van der Waals surface area contributed by atoms with Crippen LogP contribution in [0.5, 0.6) is 0 Å². The predicted molar refractivity (Wildman–Crippen MR) is 61.4 cm³/mol. The second-order valence-electron chi connectivity index (χ2n) is 4.07. The molecular weight excluding hydrogens is 237 g/mol. The summed E-state index contributed by atoms with van der Waals surface area (Å²) in [6.45, 7) is 0. The number of halogens is 1. The van der Waals surface area contributed by atoms with Crippen LogP contribution in [0.3, 0.4) is 0 Å². The van der Waals surface area contributed by atoms with Crippen LogP contribution < -0.4 is 0 Å². The highest BCUT2D eigenvalue weighted by Gasteiger charge is 2.20. The molecule has 0 saturated carbocycles. The number of hydrogen-bond donors (Lipinski definition) is 1. The van der Waals surface area contributed by atoms with Gasteiger partial charge in [-0.1, -0.05) is 23.4 Å². The summed E-state index contributed by atoms with van der Waals surface area (Å²) in [5.74, 6) is -2.03. The fourth-order valence-electron chi connectivity index (χ4n) is 1.79. The largest absolute Gasteiger partial charge is 0.481 e. The summed E-state index contributed by atoms with van der Waals surface area (Å²) in [4.78, 5) is 11.2. The molecule has 2 rings (SSSR count). The van der Waals surface area contributed by atoms with E-state index in [-0.39, 0.29) is 18.7 Å². The van der Waals surface area contributed by atoms with E-state index in [9.17, 15) is 9.18 Å². The molecule has 1 atom stereocenters. The summed E-state index contributed by atoms with van der Waals surface area (Å²) in [6, 6.07) is 6.19. The van der Waals surface area contributed by atoms with E-state index >= 15 is 0 Å². The minimum atomic E-state index is -0.959. The standard InChI is InChI=1S/C13H12FNO3/c14-12-4-2-1-3-10(12)6-11(13(16)17)5-9-7-15-18-8-9/h1-4,7-8,11H,5-6H2,(H,16,17). The van der Waals surface area contributed by atoms with E-state index < -0.39 is 11.9 Å². The summed E-state index contributed by atoms with van der Waals surface area (Å²) in [7, 11) is 0. The van der Waals surface area contributed by atoms with Crippen LogP contribution in [0, 0.1) is 11.7 Å². The van der Waals surface area contributed by atoms with Crippen LogP contribution in [0.2, 0.25) is 0 Å². The highest BCUT2D eigenvalue weighted by atomic mass is 19.1. The van der Waals surface area contributed by atoms with Gasteiger partial charge in [0.2, 0.25) is 0 Å². The minimum absolute atomic E-state index is 0.146. The number of nitrogens with zero attached hydrogens (tertiary/aromatic N) is 1. The number of aliphatic carboxylic acids is 1. The van der Waals surface area contributed by atoms with Crippen LogP contribution in [-0.4, -0.2) is 16.2 Å². The third kappa shape index (κ3) is 2.94. The van der Waals surface area contributed by atoms with Gasteiger partial charge >= 0.3 is 5.97 Å². The Hall–Kier alpha value is -2.17. The Morgan fingerprint density at radius 3 is 2.78 bits per heavy atom. The first kappa shape index (κ1) is 12.3. The van der Waals surface area contributed by atoms with Gasteiger partial charge in [0.15, 0.2) is 0 Å². The second-order valence-corrected chi connectivity index (χ2v) is 4.07. The SMILES string of the molecule is O=C(O)C(Cc1cnoc1)Cc1ccccc1F. The normalized spacial score (nSPS) is 12.3. The molecule has 0 bridgehead atoms. The van der Waals surface area contributed by atoms with E-state index in [1.165, 1.54) is 18.5 Å². The fourth-order valence-corrected chi connectivity index (χ4v) is 1.79. The Kier molecular flexibility index (Phi) is 3.72. The number of aromatic nitrogens is 1. The van der Waals surface area contributed by atoms with Crippen molar-refractivity contribution in [3.63, 3.8) is 0 Å². The van der Waals surface area contributed by atoms with Crippen LogP contribution in [0.1, 0.15) is 11.1 Å². The Bertz CT molecular complexity index is 525. The number of rotatable bonds is 5. The van der Waals surface area contributed by atoms with Gasteiger partial charge in [0.1, 0.15) is 12.1 Å². The molecule has 1 aromatic heterocycles. The predicted octanol–water partition coefficient (Wildman–Crippen LogP) is 2.30. The number of hydrogen-bond acceptors (Lipinski definition) is 3. The zero-order chi connectivity index (χ0) is 13.0. The Morgan fingerprint density at radius 2 is 2.17 bits per heavy atom. The van der Waals surface area contributed by atoms with Crippen molar-refractivity contribution >= 4 is 5.97 Å². The molecule has 0 aliphatic rings. The topological polar surface area (TPSA) is 63.3 Å². The summed E-state index contributed by atoms with van der Waals surface area (Å²) in [5, 5.41) is 12.7. The van der Waals surface area contributed by atoms with Gasteiger partial charge in [-0.05, 0) is 24.5 Å². The van der Waals surface area contributed by atoms with Gasteiger partial charge in [-0.25, -0.2) is 4.39 Å². The zero-order valence-electron chi connectivity index (χ0n) is 9.54. The molecule has 0 saturated heterocycles. The van der Waals surface area contributed by atoms with Crippen molar-refractivity contribution in [2.75, 3.05) is 0 Å². The molecule has 0 radical (unpaired) electrons. The van der Waals surface area contributed by atoms with E-state index in [1.807, 2.05) is 0 Å². The monoisotopic (exact) mass is 249 g/mol. The molecule has 18 heavy (non-hydrogen) atoms. The molecule has 0 aliphatic carbocycles. The molecule has 1 N–H and O–H groups in total. The lowest BCUT2D eigenvalue weighted by Crippen LogP contribution is -2.19. The lowest BCUT2D eigenvalue weighted by Gasteiger charge is -2.11. The van der Waals surface area contributed by atoms with Gasteiger partial charge in [0, 0.05) is 5.56 Å². The van der Waals surface area contributed by atoms with Crippen molar-refractivity contribution in [1.82, 2.24) is 5.16 Å². The second kappa shape index (κ2) is 5.44. The summed E-state index contributed by atoms with van der Waals surface area (Å²) in [6.07, 6.45) is 3.29. The lowest BCUT2D eigenvalue weighted by atomic mass is 9.94. The van der Waals surface area contributed by atoms with E-state index in [0.717, 1.165) is 0 Å². The maximum Gasteiger partial charge on any atom is 0.307 e. The molecular formula is C13H12FNO3. The first-order valence-corrected chi connectivity index (χ1v) is 5.51. The number of carboxylic acids is 1. The molecule has 0 spiro atoms. The third-order valence-corrected chi connectivity index (χ3v) is 2.74. The number of carbonyl (C=O) groups is 1. The third-order valence-electron chi connectivity index (χ3n) is 2.74. The summed E-state index contributed by atoms with van der Waals surface area (Å²) in [5.41, 5.74) is 1.10. The molecule has 5 heteroatoms. The van der Waals surface area contributed by atoms with Crippen molar-refractivity contribution in [3.05, 3.63) is 53.7 Å². The van der Waals surface area contributed by atoms with Crippen LogP contribution in [0.25, 0.3) is 0 Å². The van der Waals surface area contributed by atoms with Crippen LogP contribution >= 0.6 is 0 Å². The minimum Gasteiger partial charge on any atom is -0.481 e. The van der Waals surface area contributed by atoms with Crippen molar-refractivity contribution in [2.45, 2.75) is 12.8 Å². The van der Waals surface area contributed by atoms with Gasteiger partial charge in [0.05, 0.1) is 12.1 Å². The molecule has 4 nitrogen and oxygen atoms in total. The lowest BCUT2D eigenvalue weighted by molar-refractivity contribution is -0.141. The van der Waals surface area contributed by atoms with Crippen LogP contribution in [0.4, 0.5) is 4.39 Å². The smallest absolute Gasteiger partial charge is 0.307 e.